The third-order valence-electron chi connectivity index (χ3n) is 2.64. The summed E-state index contributed by atoms with van der Waals surface area (Å²) in [5, 5.41) is 7.00. The second kappa shape index (κ2) is 4.49. The third kappa shape index (κ3) is 2.28. The van der Waals surface area contributed by atoms with Crippen molar-refractivity contribution in [3.63, 3.8) is 0 Å². The van der Waals surface area contributed by atoms with Crippen LogP contribution in [0.15, 0.2) is 42.9 Å². The zero-order valence-electron chi connectivity index (χ0n) is 10.2. The van der Waals surface area contributed by atoms with Crippen LogP contribution in [0, 0.1) is 6.92 Å². The van der Waals surface area contributed by atoms with Crippen LogP contribution < -0.4 is 5.32 Å². The average molecular weight is 253 g/mol. The summed E-state index contributed by atoms with van der Waals surface area (Å²) in [6.07, 6.45) is 4.90. The van der Waals surface area contributed by atoms with Crippen LogP contribution in [0.3, 0.4) is 0 Å². The van der Waals surface area contributed by atoms with Gasteiger partial charge < -0.3 is 5.32 Å². The molecule has 1 N–H and O–H groups in total. The molecular formula is C13H11N5O. The highest BCUT2D eigenvalue weighted by molar-refractivity contribution is 6.04. The van der Waals surface area contributed by atoms with Gasteiger partial charge in [0, 0.05) is 18.0 Å². The normalized spacial score (nSPS) is 10.6. The number of anilines is 1. The fourth-order valence-corrected chi connectivity index (χ4v) is 1.77. The van der Waals surface area contributed by atoms with E-state index in [-0.39, 0.29) is 5.91 Å². The molecule has 94 valence electrons. The van der Waals surface area contributed by atoms with E-state index in [1.54, 1.807) is 41.3 Å². The van der Waals surface area contributed by atoms with Crippen molar-refractivity contribution in [3.8, 4) is 0 Å². The van der Waals surface area contributed by atoms with E-state index in [1.165, 1.54) is 0 Å². The molecule has 0 fully saturated rings. The lowest BCUT2D eigenvalue weighted by Crippen LogP contribution is -2.12. The minimum absolute atomic E-state index is 0.182. The first-order valence-corrected chi connectivity index (χ1v) is 5.77. The lowest BCUT2D eigenvalue weighted by atomic mass is 10.2. The Bertz CT molecular complexity index is 735. The number of aryl methyl sites for hydroxylation is 1. The van der Waals surface area contributed by atoms with Crippen LogP contribution in [0.4, 0.5) is 5.69 Å². The van der Waals surface area contributed by atoms with Crippen LogP contribution in [0.1, 0.15) is 16.2 Å². The van der Waals surface area contributed by atoms with Crippen molar-refractivity contribution >= 4 is 17.2 Å². The summed E-state index contributed by atoms with van der Waals surface area (Å²) < 4.78 is 1.64. The maximum absolute atomic E-state index is 12.0. The van der Waals surface area contributed by atoms with E-state index in [4.69, 9.17) is 0 Å². The zero-order chi connectivity index (χ0) is 13.2. The summed E-state index contributed by atoms with van der Waals surface area (Å²) in [7, 11) is 0. The Hall–Kier alpha value is -2.76. The minimum atomic E-state index is -0.182. The summed E-state index contributed by atoms with van der Waals surface area (Å²) in [6.45, 7) is 1.82. The van der Waals surface area contributed by atoms with Gasteiger partial charge in [-0.1, -0.05) is 0 Å². The van der Waals surface area contributed by atoms with Gasteiger partial charge in [0.15, 0.2) is 5.65 Å². The van der Waals surface area contributed by atoms with Gasteiger partial charge in [0.1, 0.15) is 5.82 Å². The maximum atomic E-state index is 12.0. The molecule has 0 aliphatic heterocycles. The number of rotatable bonds is 2. The molecule has 0 aliphatic rings. The molecule has 3 rings (SSSR count). The van der Waals surface area contributed by atoms with E-state index in [0.29, 0.717) is 17.1 Å². The predicted molar refractivity (Wildman–Crippen MR) is 69.9 cm³/mol. The molecule has 0 atom stereocenters. The fourth-order valence-electron chi connectivity index (χ4n) is 1.77. The highest BCUT2D eigenvalue weighted by Crippen LogP contribution is 2.11. The Labute approximate surface area is 109 Å². The van der Waals surface area contributed by atoms with Crippen LogP contribution in [-0.4, -0.2) is 25.5 Å². The quantitative estimate of drug-likeness (QED) is 0.754. The van der Waals surface area contributed by atoms with E-state index in [9.17, 15) is 4.79 Å². The standard InChI is InChI=1S/C13H11N5O/c1-9-15-12-3-2-11(8-18(12)17-9)16-13(19)10-4-6-14-7-5-10/h2-8H,1H3,(H,16,19). The molecule has 6 heteroatoms. The average Bonchev–Trinajstić information content (AvgIpc) is 2.79. The summed E-state index contributed by atoms with van der Waals surface area (Å²) in [4.78, 5) is 20.1. The van der Waals surface area contributed by atoms with Crippen LogP contribution in [0.5, 0.6) is 0 Å². The molecule has 0 spiro atoms. The smallest absolute Gasteiger partial charge is 0.255 e. The van der Waals surface area contributed by atoms with Crippen molar-refractivity contribution in [2.24, 2.45) is 0 Å². The van der Waals surface area contributed by atoms with Gasteiger partial charge in [0.2, 0.25) is 0 Å². The first kappa shape index (κ1) is 11.3. The monoisotopic (exact) mass is 253 g/mol. The summed E-state index contributed by atoms with van der Waals surface area (Å²) in [5.74, 6) is 0.510. The third-order valence-corrected chi connectivity index (χ3v) is 2.64. The topological polar surface area (TPSA) is 72.2 Å². The van der Waals surface area contributed by atoms with Gasteiger partial charge in [-0.05, 0) is 31.2 Å². The van der Waals surface area contributed by atoms with Crippen molar-refractivity contribution in [1.82, 2.24) is 19.6 Å². The van der Waals surface area contributed by atoms with Crippen molar-refractivity contribution in [2.45, 2.75) is 6.92 Å². The Kier molecular flexibility index (Phi) is 2.68. The van der Waals surface area contributed by atoms with Crippen molar-refractivity contribution in [2.75, 3.05) is 5.32 Å². The van der Waals surface area contributed by atoms with E-state index >= 15 is 0 Å². The highest BCUT2D eigenvalue weighted by atomic mass is 16.1. The van der Waals surface area contributed by atoms with E-state index in [0.717, 1.165) is 5.65 Å². The van der Waals surface area contributed by atoms with E-state index in [1.807, 2.05) is 13.0 Å². The van der Waals surface area contributed by atoms with E-state index in [2.05, 4.69) is 20.4 Å². The lowest BCUT2D eigenvalue weighted by molar-refractivity contribution is 0.102. The first-order valence-electron chi connectivity index (χ1n) is 5.77. The molecule has 0 radical (unpaired) electrons. The molecule has 3 aromatic heterocycles. The first-order chi connectivity index (χ1) is 9.22. The Morgan fingerprint density at radius 3 is 2.79 bits per heavy atom. The Morgan fingerprint density at radius 2 is 2.00 bits per heavy atom. The second-order valence-corrected chi connectivity index (χ2v) is 4.07. The Balaban J connectivity index is 1.87. The van der Waals surface area contributed by atoms with Gasteiger partial charge in [0.05, 0.1) is 11.9 Å². The number of fused-ring (bicyclic) bond motifs is 1. The SMILES string of the molecule is Cc1nc2ccc(NC(=O)c3ccncc3)cn2n1. The van der Waals surface area contributed by atoms with Crippen molar-refractivity contribution in [1.29, 1.82) is 0 Å². The zero-order valence-corrected chi connectivity index (χ0v) is 10.2. The molecule has 0 unspecified atom stereocenters. The fraction of sp³-hybridized carbons (Fsp3) is 0.0769. The van der Waals surface area contributed by atoms with Gasteiger partial charge in [-0.25, -0.2) is 9.50 Å². The summed E-state index contributed by atoms with van der Waals surface area (Å²) >= 11 is 0. The highest BCUT2D eigenvalue weighted by Gasteiger charge is 2.06. The number of amides is 1. The van der Waals surface area contributed by atoms with Gasteiger partial charge in [-0.2, -0.15) is 5.10 Å². The Morgan fingerprint density at radius 1 is 1.21 bits per heavy atom. The molecule has 3 heterocycles. The molecule has 0 saturated carbocycles. The largest absolute Gasteiger partial charge is 0.321 e. The molecular weight excluding hydrogens is 242 g/mol. The van der Waals surface area contributed by atoms with Gasteiger partial charge in [-0.15, -0.1) is 0 Å². The van der Waals surface area contributed by atoms with Crippen molar-refractivity contribution in [3.05, 3.63) is 54.2 Å². The van der Waals surface area contributed by atoms with Gasteiger partial charge in [-0.3, -0.25) is 9.78 Å². The lowest BCUT2D eigenvalue weighted by Gasteiger charge is -2.04. The molecule has 0 saturated heterocycles. The van der Waals surface area contributed by atoms with Crippen molar-refractivity contribution < 1.29 is 4.79 Å². The number of hydrogen-bond donors (Lipinski definition) is 1. The number of hydrogen-bond acceptors (Lipinski definition) is 4. The minimum Gasteiger partial charge on any atom is -0.321 e. The summed E-state index contributed by atoms with van der Waals surface area (Å²) in [6, 6.07) is 6.92. The van der Waals surface area contributed by atoms with Crippen LogP contribution >= 0.6 is 0 Å². The summed E-state index contributed by atoms with van der Waals surface area (Å²) in [5.41, 5.74) is 1.98. The molecule has 1 amide bonds. The number of carbonyl (C=O) groups excluding carboxylic acids is 1. The van der Waals surface area contributed by atoms with Crippen LogP contribution in [0.25, 0.3) is 5.65 Å². The molecule has 0 aromatic carbocycles. The molecule has 19 heavy (non-hydrogen) atoms. The van der Waals surface area contributed by atoms with E-state index < -0.39 is 0 Å². The predicted octanol–water partition coefficient (Wildman–Crippen LogP) is 1.69. The van der Waals surface area contributed by atoms with Gasteiger partial charge >= 0.3 is 0 Å². The van der Waals surface area contributed by atoms with Gasteiger partial charge in [0.25, 0.3) is 5.91 Å². The molecule has 0 bridgehead atoms. The number of pyridine rings is 2. The number of carbonyl (C=O) groups is 1. The molecule has 0 aliphatic carbocycles. The van der Waals surface area contributed by atoms with Crippen LogP contribution in [0.2, 0.25) is 0 Å². The molecule has 3 aromatic rings. The molecule has 6 nitrogen and oxygen atoms in total. The number of nitrogens with zero attached hydrogens (tertiary/aromatic N) is 4. The number of aromatic nitrogens is 4. The maximum Gasteiger partial charge on any atom is 0.255 e. The second-order valence-electron chi connectivity index (χ2n) is 4.07. The van der Waals surface area contributed by atoms with Crippen LogP contribution in [-0.2, 0) is 0 Å². The number of nitrogens with one attached hydrogen (secondary N) is 1.